The highest BCUT2D eigenvalue weighted by Gasteiger charge is 2.27. The summed E-state index contributed by atoms with van der Waals surface area (Å²) in [5.74, 6) is 2.10. The number of pyridine rings is 1. The zero-order chi connectivity index (χ0) is 25.9. The Kier molecular flexibility index (Phi) is 7.24. The third-order valence-electron chi connectivity index (χ3n) is 6.74. The van der Waals surface area contributed by atoms with E-state index in [0.29, 0.717) is 55.9 Å². The number of rotatable bonds is 6. The maximum absolute atomic E-state index is 11.2. The topological polar surface area (TPSA) is 125 Å². The maximum atomic E-state index is 11.2. The molecular formula is C26H32N6O5. The second-order valence-electron chi connectivity index (χ2n) is 9.28. The first-order valence-corrected chi connectivity index (χ1v) is 12.4. The maximum Gasteiger partial charge on any atom is 0.404 e. The summed E-state index contributed by atoms with van der Waals surface area (Å²) in [6, 6.07) is 9.92. The number of nitrogens with zero attached hydrogens (tertiary/aromatic N) is 5. The van der Waals surface area contributed by atoms with Gasteiger partial charge in [0.2, 0.25) is 5.95 Å². The Hall–Kier alpha value is -3.70. The van der Waals surface area contributed by atoms with Crippen molar-refractivity contribution < 1.29 is 23.7 Å². The second kappa shape index (κ2) is 10.7. The van der Waals surface area contributed by atoms with Gasteiger partial charge in [0.25, 0.3) is 0 Å². The van der Waals surface area contributed by atoms with E-state index < -0.39 is 6.09 Å². The molecule has 2 aliphatic rings. The third kappa shape index (κ3) is 5.23. The number of methoxy groups -OCH3 is 1. The number of ether oxygens (including phenoxy) is 4. The van der Waals surface area contributed by atoms with E-state index in [1.807, 2.05) is 30.3 Å². The van der Waals surface area contributed by atoms with Gasteiger partial charge in [0.05, 0.1) is 56.7 Å². The van der Waals surface area contributed by atoms with E-state index in [4.69, 9.17) is 39.6 Å². The summed E-state index contributed by atoms with van der Waals surface area (Å²) in [6.07, 6.45) is -0.845. The van der Waals surface area contributed by atoms with Crippen LogP contribution in [0.4, 0.5) is 16.6 Å². The second-order valence-corrected chi connectivity index (χ2v) is 9.28. The summed E-state index contributed by atoms with van der Waals surface area (Å²) in [4.78, 5) is 30.5. The van der Waals surface area contributed by atoms with Crippen molar-refractivity contribution in [3.63, 3.8) is 0 Å². The molecule has 2 fully saturated rings. The van der Waals surface area contributed by atoms with Gasteiger partial charge in [-0.15, -0.1) is 0 Å². The van der Waals surface area contributed by atoms with Crippen LogP contribution in [-0.4, -0.2) is 79.8 Å². The summed E-state index contributed by atoms with van der Waals surface area (Å²) in [6.45, 7) is 8.25. The monoisotopic (exact) mass is 508 g/mol. The molecule has 0 saturated carbocycles. The Morgan fingerprint density at radius 3 is 2.43 bits per heavy atom. The molecule has 196 valence electrons. The number of hydrogen-bond acceptors (Lipinski definition) is 10. The molecule has 0 aliphatic carbocycles. The molecule has 2 atom stereocenters. The highest BCUT2D eigenvalue weighted by atomic mass is 16.5. The summed E-state index contributed by atoms with van der Waals surface area (Å²) in [5.41, 5.74) is 8.03. The quantitative estimate of drug-likeness (QED) is 0.531. The molecule has 2 N–H and O–H groups in total. The van der Waals surface area contributed by atoms with Crippen molar-refractivity contribution in [2.45, 2.75) is 32.5 Å². The molecule has 2 unspecified atom stereocenters. The number of carbonyl (C=O) groups is 1. The lowest BCUT2D eigenvalue weighted by molar-refractivity contribution is 0.0973. The number of anilines is 2. The average Bonchev–Trinajstić information content (AvgIpc) is 2.91. The lowest BCUT2D eigenvalue weighted by Crippen LogP contribution is -2.46. The Morgan fingerprint density at radius 2 is 1.76 bits per heavy atom. The molecule has 3 aromatic rings. The highest BCUT2D eigenvalue weighted by molar-refractivity contribution is 5.90. The number of carbonyl (C=O) groups excluding carboxylic acids is 1. The van der Waals surface area contributed by atoms with Crippen LogP contribution in [0, 0.1) is 0 Å². The lowest BCUT2D eigenvalue weighted by Gasteiger charge is -2.37. The smallest absolute Gasteiger partial charge is 0.404 e. The standard InChI is InChI=1S/C26H32N6O5/c1-16-13-35-10-8-31(16)24-20-5-6-21(18-4-7-22(34-3)19(12-18)15-37-25(27)33)28-23(20)29-26(30-24)32-9-11-36-14-17(32)2/h4-7,12,16-17H,8-11,13-15H2,1-3H3,(H2,27,33). The molecule has 0 spiro atoms. The normalized spacial score (nSPS) is 20.2. The minimum atomic E-state index is -0.845. The summed E-state index contributed by atoms with van der Waals surface area (Å²) in [5, 5.41) is 0.882. The first-order valence-electron chi connectivity index (χ1n) is 12.4. The van der Waals surface area contributed by atoms with Crippen LogP contribution in [0.1, 0.15) is 19.4 Å². The first kappa shape index (κ1) is 25.0. The third-order valence-corrected chi connectivity index (χ3v) is 6.74. The average molecular weight is 509 g/mol. The van der Waals surface area contributed by atoms with Gasteiger partial charge in [0.15, 0.2) is 5.65 Å². The van der Waals surface area contributed by atoms with Crippen molar-refractivity contribution in [1.29, 1.82) is 0 Å². The van der Waals surface area contributed by atoms with Crippen molar-refractivity contribution in [2.75, 3.05) is 56.4 Å². The van der Waals surface area contributed by atoms with E-state index in [-0.39, 0.29) is 18.7 Å². The van der Waals surface area contributed by atoms with Gasteiger partial charge in [-0.05, 0) is 44.2 Å². The molecule has 2 aromatic heterocycles. The van der Waals surface area contributed by atoms with Crippen LogP contribution in [0.2, 0.25) is 0 Å². The molecular weight excluding hydrogens is 476 g/mol. The van der Waals surface area contributed by atoms with Gasteiger partial charge in [-0.1, -0.05) is 0 Å². The van der Waals surface area contributed by atoms with Crippen LogP contribution in [-0.2, 0) is 20.8 Å². The number of morpholine rings is 2. The van der Waals surface area contributed by atoms with Gasteiger partial charge in [-0.3, -0.25) is 0 Å². The molecule has 1 amide bonds. The van der Waals surface area contributed by atoms with Crippen molar-refractivity contribution in [1.82, 2.24) is 15.0 Å². The number of aromatic nitrogens is 3. The molecule has 0 radical (unpaired) electrons. The van der Waals surface area contributed by atoms with Crippen molar-refractivity contribution in [3.05, 3.63) is 35.9 Å². The molecule has 0 bridgehead atoms. The molecule has 4 heterocycles. The SMILES string of the molecule is COc1ccc(-c2ccc3c(N4CCOCC4C)nc(N4CCOCC4C)nc3n2)cc1COC(N)=O. The number of hydrogen-bond donors (Lipinski definition) is 1. The molecule has 37 heavy (non-hydrogen) atoms. The van der Waals surface area contributed by atoms with Gasteiger partial charge in [0.1, 0.15) is 18.2 Å². The van der Waals surface area contributed by atoms with Crippen LogP contribution in [0.5, 0.6) is 5.75 Å². The van der Waals surface area contributed by atoms with Gasteiger partial charge in [-0.25, -0.2) is 9.78 Å². The predicted octanol–water partition coefficient (Wildman–Crippen LogP) is 2.75. The van der Waals surface area contributed by atoms with Crippen LogP contribution in [0.15, 0.2) is 30.3 Å². The molecule has 1 aromatic carbocycles. The van der Waals surface area contributed by atoms with Crippen molar-refractivity contribution in [3.8, 4) is 17.0 Å². The predicted molar refractivity (Wildman–Crippen MR) is 139 cm³/mol. The zero-order valence-electron chi connectivity index (χ0n) is 21.3. The van der Waals surface area contributed by atoms with E-state index in [1.165, 1.54) is 0 Å². The minimum absolute atomic E-state index is 0.000231. The Morgan fingerprint density at radius 1 is 1.03 bits per heavy atom. The number of benzene rings is 1. The summed E-state index contributed by atoms with van der Waals surface area (Å²) >= 11 is 0. The van der Waals surface area contributed by atoms with Gasteiger partial charge in [0, 0.05) is 24.2 Å². The van der Waals surface area contributed by atoms with E-state index in [2.05, 4.69) is 23.6 Å². The molecule has 5 rings (SSSR count). The highest BCUT2D eigenvalue weighted by Crippen LogP contribution is 2.32. The lowest BCUT2D eigenvalue weighted by atomic mass is 10.1. The van der Waals surface area contributed by atoms with Gasteiger partial charge in [-0.2, -0.15) is 9.97 Å². The van der Waals surface area contributed by atoms with E-state index in [1.54, 1.807) is 7.11 Å². The fourth-order valence-corrected chi connectivity index (χ4v) is 4.76. The molecule has 2 saturated heterocycles. The summed E-state index contributed by atoms with van der Waals surface area (Å²) in [7, 11) is 1.57. The fraction of sp³-hybridized carbons (Fsp3) is 0.462. The summed E-state index contributed by atoms with van der Waals surface area (Å²) < 4.78 is 21.7. The van der Waals surface area contributed by atoms with Crippen LogP contribution in [0.25, 0.3) is 22.3 Å². The minimum Gasteiger partial charge on any atom is -0.496 e. The van der Waals surface area contributed by atoms with E-state index >= 15 is 0 Å². The fourth-order valence-electron chi connectivity index (χ4n) is 4.76. The van der Waals surface area contributed by atoms with E-state index in [9.17, 15) is 4.79 Å². The van der Waals surface area contributed by atoms with Crippen LogP contribution < -0.4 is 20.3 Å². The van der Waals surface area contributed by atoms with Crippen LogP contribution >= 0.6 is 0 Å². The Labute approximate surface area is 215 Å². The largest absolute Gasteiger partial charge is 0.496 e. The van der Waals surface area contributed by atoms with Crippen molar-refractivity contribution >= 4 is 28.9 Å². The number of amides is 1. The van der Waals surface area contributed by atoms with Gasteiger partial charge < -0.3 is 34.5 Å². The van der Waals surface area contributed by atoms with Crippen LogP contribution in [0.3, 0.4) is 0 Å². The molecule has 11 nitrogen and oxygen atoms in total. The Balaban J connectivity index is 1.60. The zero-order valence-corrected chi connectivity index (χ0v) is 21.3. The Bertz CT molecular complexity index is 1290. The number of fused-ring (bicyclic) bond motifs is 1. The molecule has 11 heteroatoms. The van der Waals surface area contributed by atoms with E-state index in [0.717, 1.165) is 29.0 Å². The number of nitrogens with two attached hydrogens (primary N) is 1. The number of primary amides is 1. The van der Waals surface area contributed by atoms with Gasteiger partial charge >= 0.3 is 6.09 Å². The first-order chi connectivity index (χ1) is 17.9. The molecule has 2 aliphatic heterocycles. The van der Waals surface area contributed by atoms with Crippen molar-refractivity contribution in [2.24, 2.45) is 5.73 Å².